The predicted octanol–water partition coefficient (Wildman–Crippen LogP) is 7.31. The molecule has 4 aromatic carbocycles. The highest BCUT2D eigenvalue weighted by molar-refractivity contribution is 8.03. The lowest BCUT2D eigenvalue weighted by Crippen LogP contribution is -2.36. The van der Waals surface area contributed by atoms with Crippen molar-refractivity contribution in [2.45, 2.75) is 37.6 Å². The third-order valence-electron chi connectivity index (χ3n) is 8.12. The van der Waals surface area contributed by atoms with Crippen LogP contribution in [0.1, 0.15) is 31.2 Å². The van der Waals surface area contributed by atoms with Crippen LogP contribution in [0.2, 0.25) is 0 Å². The molecule has 13 heteroatoms. The van der Waals surface area contributed by atoms with Gasteiger partial charge in [-0.1, -0.05) is 78.6 Å². The molecule has 2 N–H and O–H groups in total. The first kappa shape index (κ1) is 33.4. The van der Waals surface area contributed by atoms with Gasteiger partial charge in [0.2, 0.25) is 5.52 Å². The minimum atomic E-state index is -4.12. The number of hydrogen-bond acceptors (Lipinski definition) is 8. The zero-order chi connectivity index (χ0) is 33.3. The molecule has 1 aromatic heterocycles. The van der Waals surface area contributed by atoms with Crippen LogP contribution in [0.15, 0.2) is 88.3 Å². The van der Waals surface area contributed by atoms with Crippen molar-refractivity contribution in [3.05, 3.63) is 88.4 Å². The number of anilines is 1. The highest BCUT2D eigenvalue weighted by atomic mass is 32.2. The van der Waals surface area contributed by atoms with Gasteiger partial charge in [0.15, 0.2) is 6.54 Å². The number of hydrogen-bond donors (Lipinski definition) is 2. The second-order valence-electron chi connectivity index (χ2n) is 11.3. The molecule has 9 nitrogen and oxygen atoms in total. The van der Waals surface area contributed by atoms with E-state index in [0.717, 1.165) is 63.7 Å². The van der Waals surface area contributed by atoms with Crippen LogP contribution in [0.3, 0.4) is 0 Å². The topological polar surface area (TPSA) is 125 Å². The highest BCUT2D eigenvalue weighted by Crippen LogP contribution is 2.50. The molecule has 246 valence electrons. The van der Waals surface area contributed by atoms with Crippen molar-refractivity contribution in [3.63, 3.8) is 0 Å². The fraction of sp³-hybridized carbons (Fsp3) is 0.265. The summed E-state index contributed by atoms with van der Waals surface area (Å²) in [6.07, 6.45) is 5.43. The van der Waals surface area contributed by atoms with E-state index in [2.05, 4.69) is 52.8 Å². The number of benzene rings is 4. The molecule has 0 unspecified atom stereocenters. The molecule has 1 aliphatic heterocycles. The Hall–Kier alpha value is -3.46. The van der Waals surface area contributed by atoms with E-state index in [-0.39, 0.29) is 24.3 Å². The maximum atomic E-state index is 11.6. The Balaban J connectivity index is 1.47. The lowest BCUT2D eigenvalue weighted by atomic mass is 10.1. The zero-order valence-electron chi connectivity index (χ0n) is 25.9. The SMILES string of the molecule is CCC(=C\c1sc2cc(OC)c3ccccc3c2[n+]1CCCS(=O)(=O)O)/C=C1/Sc2ccc3ccccc3c2N1CCCS(=O)(=O)O. The van der Waals surface area contributed by atoms with Crippen LogP contribution >= 0.6 is 23.1 Å². The first-order valence-corrected chi connectivity index (χ1v) is 20.0. The van der Waals surface area contributed by atoms with Crippen molar-refractivity contribution in [3.8, 4) is 5.75 Å². The number of fused-ring (bicyclic) bond motifs is 6. The molecule has 0 fully saturated rings. The summed E-state index contributed by atoms with van der Waals surface area (Å²) in [5.74, 6) is 0.0715. The van der Waals surface area contributed by atoms with Gasteiger partial charge in [0.05, 0.1) is 34.7 Å². The molecule has 0 spiro atoms. The number of aryl methyl sites for hydroxylation is 1. The van der Waals surface area contributed by atoms with E-state index in [1.165, 1.54) is 0 Å². The summed E-state index contributed by atoms with van der Waals surface area (Å²) in [5, 5.41) is 5.96. The van der Waals surface area contributed by atoms with E-state index in [0.29, 0.717) is 19.5 Å². The molecule has 0 saturated heterocycles. The summed E-state index contributed by atoms with van der Waals surface area (Å²) in [5.41, 5.74) is 3.01. The second kappa shape index (κ2) is 13.6. The van der Waals surface area contributed by atoms with Crippen LogP contribution in [-0.2, 0) is 26.8 Å². The quantitative estimate of drug-likeness (QED) is 0.101. The van der Waals surface area contributed by atoms with Gasteiger partial charge in [-0.15, -0.1) is 0 Å². The van der Waals surface area contributed by atoms with Gasteiger partial charge in [0.25, 0.3) is 25.2 Å². The Kier molecular flexibility index (Phi) is 9.66. The fourth-order valence-electron chi connectivity index (χ4n) is 6.01. The first-order chi connectivity index (χ1) is 22.5. The predicted molar refractivity (Wildman–Crippen MR) is 192 cm³/mol. The summed E-state index contributed by atoms with van der Waals surface area (Å²) in [6, 6.07) is 22.2. The summed E-state index contributed by atoms with van der Waals surface area (Å²) < 4.78 is 74.1. The van der Waals surface area contributed by atoms with Crippen molar-refractivity contribution in [1.29, 1.82) is 0 Å². The van der Waals surface area contributed by atoms with Gasteiger partial charge in [-0.25, -0.2) is 0 Å². The average Bonchev–Trinajstić information content (AvgIpc) is 3.56. The van der Waals surface area contributed by atoms with E-state index in [1.807, 2.05) is 42.5 Å². The van der Waals surface area contributed by atoms with Crippen molar-refractivity contribution in [2.24, 2.45) is 0 Å². The van der Waals surface area contributed by atoms with E-state index < -0.39 is 20.2 Å². The number of allylic oxidation sites excluding steroid dienone is 2. The maximum absolute atomic E-state index is 11.6. The summed E-state index contributed by atoms with van der Waals surface area (Å²) in [6.45, 7) is 2.85. The third kappa shape index (κ3) is 7.35. The minimum absolute atomic E-state index is 0.235. The first-order valence-electron chi connectivity index (χ1n) is 15.2. The third-order valence-corrected chi connectivity index (χ3v) is 11.9. The number of ether oxygens (including phenoxy) is 1. The van der Waals surface area contributed by atoms with Crippen molar-refractivity contribution in [2.75, 3.05) is 30.1 Å². The van der Waals surface area contributed by atoms with Gasteiger partial charge >= 0.3 is 0 Å². The molecule has 0 bridgehead atoms. The molecule has 0 aliphatic carbocycles. The highest BCUT2D eigenvalue weighted by Gasteiger charge is 2.29. The standard InChI is InChI=1S/C34H34N2O7S4/c1-3-23(20-31-35(16-8-18-46(37,38)39)33-25-11-5-4-10-24(25)14-15-29(33)44-31)21-32-36(17-9-19-47(40,41)42)34-27-13-7-6-12-26(27)28(43-2)22-30(34)45-32/h4-7,10-15,20-22H,3,8-9,16-19H2,1-2H3,(H-,37,38,39,40,41,42)/p+1. The normalized spacial score (nSPS) is 14.9. The number of thioether (sulfide) groups is 1. The van der Waals surface area contributed by atoms with Crippen LogP contribution in [-0.4, -0.2) is 51.1 Å². The van der Waals surface area contributed by atoms with E-state index in [4.69, 9.17) is 4.74 Å². The molecule has 0 atom stereocenters. The Labute approximate surface area is 282 Å². The van der Waals surface area contributed by atoms with Crippen LogP contribution in [0, 0.1) is 0 Å². The van der Waals surface area contributed by atoms with Crippen molar-refractivity contribution in [1.82, 2.24) is 0 Å². The molecule has 5 aromatic rings. The minimum Gasteiger partial charge on any atom is -0.496 e. The summed E-state index contributed by atoms with van der Waals surface area (Å²) >= 11 is 3.21. The number of nitrogens with zero attached hydrogens (tertiary/aromatic N) is 2. The molecule has 0 amide bonds. The molecular formula is C34H35N2O7S4+. The van der Waals surface area contributed by atoms with Gasteiger partial charge in [-0.2, -0.15) is 21.4 Å². The Morgan fingerprint density at radius 3 is 2.30 bits per heavy atom. The lowest BCUT2D eigenvalue weighted by Gasteiger charge is -2.22. The molecule has 2 heterocycles. The molecular weight excluding hydrogens is 677 g/mol. The molecule has 6 rings (SSSR count). The maximum Gasteiger partial charge on any atom is 0.265 e. The van der Waals surface area contributed by atoms with E-state index in [1.54, 1.807) is 30.2 Å². The van der Waals surface area contributed by atoms with Crippen LogP contribution in [0.4, 0.5) is 5.69 Å². The second-order valence-corrected chi connectivity index (χ2v) is 16.6. The van der Waals surface area contributed by atoms with Crippen molar-refractivity contribution < 1.29 is 35.2 Å². The Bertz CT molecular complexity index is 2280. The average molecular weight is 712 g/mol. The smallest absolute Gasteiger partial charge is 0.265 e. The number of aromatic nitrogens is 1. The molecule has 1 aliphatic rings. The summed E-state index contributed by atoms with van der Waals surface area (Å²) in [7, 11) is -6.58. The molecule has 0 saturated carbocycles. The van der Waals surface area contributed by atoms with Crippen LogP contribution < -0.4 is 14.2 Å². The lowest BCUT2D eigenvalue weighted by molar-refractivity contribution is -0.667. The Morgan fingerprint density at radius 1 is 0.915 bits per heavy atom. The van der Waals surface area contributed by atoms with Crippen LogP contribution in [0.5, 0.6) is 5.75 Å². The van der Waals surface area contributed by atoms with E-state index in [9.17, 15) is 25.9 Å². The number of thiazole rings is 1. The van der Waals surface area contributed by atoms with Gasteiger partial charge in [-0.3, -0.25) is 9.11 Å². The van der Waals surface area contributed by atoms with Crippen molar-refractivity contribution >= 4 is 86.9 Å². The Morgan fingerprint density at radius 2 is 1.60 bits per heavy atom. The number of methoxy groups -OCH3 is 1. The number of rotatable bonds is 12. The van der Waals surface area contributed by atoms with E-state index >= 15 is 0 Å². The monoisotopic (exact) mass is 711 g/mol. The van der Waals surface area contributed by atoms with Gasteiger partial charge in [0.1, 0.15) is 10.4 Å². The fourth-order valence-corrected chi connectivity index (χ4v) is 9.39. The zero-order valence-corrected chi connectivity index (χ0v) is 29.2. The molecule has 0 radical (unpaired) electrons. The van der Waals surface area contributed by atoms with Gasteiger partial charge in [0, 0.05) is 40.8 Å². The largest absolute Gasteiger partial charge is 0.496 e. The molecule has 47 heavy (non-hydrogen) atoms. The van der Waals surface area contributed by atoms with Gasteiger partial charge in [-0.05, 0) is 42.0 Å². The summed E-state index contributed by atoms with van der Waals surface area (Å²) in [4.78, 5) is 3.21. The van der Waals surface area contributed by atoms with Crippen LogP contribution in [0.25, 0.3) is 37.8 Å². The van der Waals surface area contributed by atoms with Gasteiger partial charge < -0.3 is 9.64 Å².